The van der Waals surface area contributed by atoms with Gasteiger partial charge in [-0.1, -0.05) is 132 Å². The van der Waals surface area contributed by atoms with E-state index in [-0.39, 0.29) is 11.1 Å². The van der Waals surface area contributed by atoms with Crippen LogP contribution in [-0.4, -0.2) is 0 Å². The molecule has 1 heterocycles. The van der Waals surface area contributed by atoms with E-state index in [1.54, 1.807) is 0 Å². The van der Waals surface area contributed by atoms with Crippen LogP contribution in [0.4, 0.5) is 0 Å². The predicted octanol–water partition coefficient (Wildman–Crippen LogP) is 13.8. The first-order chi connectivity index (χ1) is 35.0. The summed E-state index contributed by atoms with van der Waals surface area (Å²) in [6.45, 7) is 2.58. The SMILES string of the molecule is [2H]c1c([2H])c([2H])c(-c2c([2H])c([2H])c3c([2H])c(-c4c5c([2H])c(C)c([2H])c([2H])c5c(-c5c([2H])c([2H])c6oc7c([2H])c8c([2H])c([2H])c([2H])c([2H])c8c([2H])c7c6c5[2H])c5c([2H])c([2H])c(C)c([2H])c45)c([2H])c([2H])c3c2[2H])c([2H])c1[2H]. The highest BCUT2D eigenvalue weighted by molar-refractivity contribution is 6.23. The van der Waals surface area contributed by atoms with E-state index in [9.17, 15) is 17.8 Å². The molecule has 0 amide bonds. The standard InChI is InChI=1S/C48H32O/c1-29-12-19-39-43(22-29)48(37-17-16-35-24-34(14-15-36(35)25-37)31-8-4-3-5-9-31)44-23-30(2)13-20-40(44)47(39)38-18-21-45-41(27-38)42-26-32-10-6-7-11-33(32)28-46(42)49-45/h3-28H,1-2H3/i3D,4D,5D,6D,7D,8D,9D,10D,11D,12D,13D,14D,15D,16D,17D,18D,19D,20D,21D,22D,23D,24D,25D,26D,27D,28D. The second-order valence-electron chi connectivity index (χ2n) is 11.3. The second-order valence-corrected chi connectivity index (χ2v) is 11.3. The van der Waals surface area contributed by atoms with Gasteiger partial charge in [-0.25, -0.2) is 0 Å². The molecule has 0 radical (unpaired) electrons. The van der Waals surface area contributed by atoms with Crippen LogP contribution in [0, 0.1) is 13.8 Å². The van der Waals surface area contributed by atoms with Crippen molar-refractivity contribution in [2.24, 2.45) is 0 Å². The van der Waals surface area contributed by atoms with E-state index >= 15 is 0 Å². The molecule has 230 valence electrons. The minimum Gasteiger partial charge on any atom is -0.456 e. The zero-order valence-electron chi connectivity index (χ0n) is 51.4. The number of rotatable bonds is 3. The normalized spacial score (nSPS) is 19.3. The third kappa shape index (κ3) is 4.47. The van der Waals surface area contributed by atoms with Gasteiger partial charge in [-0.15, -0.1) is 0 Å². The highest BCUT2D eigenvalue weighted by Crippen LogP contribution is 2.46. The molecule has 0 saturated carbocycles. The molecule has 0 unspecified atom stereocenters. The van der Waals surface area contributed by atoms with Crippen molar-refractivity contribution in [3.05, 3.63) is 168 Å². The van der Waals surface area contributed by atoms with Gasteiger partial charge in [0.2, 0.25) is 0 Å². The van der Waals surface area contributed by atoms with Crippen molar-refractivity contribution in [3.8, 4) is 33.4 Å². The average molecular weight is 651 g/mol. The van der Waals surface area contributed by atoms with E-state index in [1.165, 1.54) is 13.8 Å². The fourth-order valence-corrected chi connectivity index (χ4v) is 5.98. The Morgan fingerprint density at radius 3 is 1.59 bits per heavy atom. The van der Waals surface area contributed by atoms with E-state index in [2.05, 4.69) is 0 Å². The van der Waals surface area contributed by atoms with Gasteiger partial charge in [0.1, 0.15) is 11.2 Å². The van der Waals surface area contributed by atoms with Gasteiger partial charge in [-0.2, -0.15) is 0 Å². The van der Waals surface area contributed by atoms with E-state index in [1.807, 2.05) is 0 Å². The number of hydrogen-bond donors (Lipinski definition) is 0. The lowest BCUT2D eigenvalue weighted by Crippen LogP contribution is -1.92. The summed E-state index contributed by atoms with van der Waals surface area (Å²) < 4.78 is 242. The first-order valence-electron chi connectivity index (χ1n) is 27.9. The number of furan rings is 1. The van der Waals surface area contributed by atoms with Gasteiger partial charge in [0.25, 0.3) is 0 Å². The molecule has 0 bridgehead atoms. The lowest BCUT2D eigenvalue weighted by atomic mass is 9.84. The molecule has 1 nitrogen and oxygen atoms in total. The van der Waals surface area contributed by atoms with Crippen molar-refractivity contribution in [3.63, 3.8) is 0 Å². The van der Waals surface area contributed by atoms with Gasteiger partial charge in [0.15, 0.2) is 0 Å². The summed E-state index contributed by atoms with van der Waals surface area (Å²) in [6, 6.07) is -20.1. The molecule has 0 fully saturated rings. The monoisotopic (exact) mass is 650 g/mol. The maximum absolute atomic E-state index is 9.90. The van der Waals surface area contributed by atoms with Crippen molar-refractivity contribution in [2.45, 2.75) is 13.8 Å². The molecule has 10 rings (SSSR count). The van der Waals surface area contributed by atoms with E-state index < -0.39 is 256 Å². The Morgan fingerprint density at radius 1 is 0.347 bits per heavy atom. The Kier molecular flexibility index (Phi) is 2.69. The summed E-state index contributed by atoms with van der Waals surface area (Å²) >= 11 is 0. The van der Waals surface area contributed by atoms with E-state index in [0.717, 1.165) is 0 Å². The molecule has 10 aromatic rings. The zero-order valence-corrected chi connectivity index (χ0v) is 25.4. The van der Waals surface area contributed by atoms with Gasteiger partial charge in [0.05, 0.1) is 35.6 Å². The molecule has 1 heteroatoms. The van der Waals surface area contributed by atoms with Crippen molar-refractivity contribution in [2.75, 3.05) is 0 Å². The molecular weight excluding hydrogens is 593 g/mol. The molecule has 1 aromatic heterocycles. The minimum atomic E-state index is -0.931. The highest BCUT2D eigenvalue weighted by Gasteiger charge is 2.19. The molecule has 0 aliphatic heterocycles. The first-order valence-corrected chi connectivity index (χ1v) is 14.9. The number of fused-ring (bicyclic) bond motifs is 7. The largest absolute Gasteiger partial charge is 0.456 e. The molecule has 0 saturated heterocycles. The molecule has 9 aromatic carbocycles. The van der Waals surface area contributed by atoms with E-state index in [0.29, 0.717) is 0 Å². The van der Waals surface area contributed by atoms with Gasteiger partial charge in [-0.3, -0.25) is 0 Å². The van der Waals surface area contributed by atoms with Crippen LogP contribution >= 0.6 is 0 Å². The Morgan fingerprint density at radius 2 is 0.878 bits per heavy atom. The van der Waals surface area contributed by atoms with Gasteiger partial charge in [-0.05, 0) is 127 Å². The predicted molar refractivity (Wildman–Crippen MR) is 210 cm³/mol. The third-order valence-electron chi connectivity index (χ3n) is 8.14. The molecule has 49 heavy (non-hydrogen) atoms. The number of benzene rings is 9. The molecule has 0 aliphatic rings. The summed E-state index contributed by atoms with van der Waals surface area (Å²) in [5.41, 5.74) is -5.14. The first kappa shape index (κ1) is 12.4. The quantitative estimate of drug-likeness (QED) is 0.173. The maximum Gasteiger partial charge on any atom is 0.136 e. The average Bonchev–Trinajstić information content (AvgIpc) is 3.80. The Bertz CT molecular complexity index is 4330. The Labute approximate surface area is 321 Å². The molecule has 0 aliphatic carbocycles. The van der Waals surface area contributed by atoms with Crippen LogP contribution in [-0.2, 0) is 0 Å². The number of hydrogen-bond acceptors (Lipinski definition) is 1. The van der Waals surface area contributed by atoms with Crippen molar-refractivity contribution in [1.29, 1.82) is 0 Å². The van der Waals surface area contributed by atoms with Gasteiger partial charge < -0.3 is 4.42 Å². The molecule has 0 spiro atoms. The molecule has 0 N–H and O–H groups in total. The molecule has 0 atom stereocenters. The van der Waals surface area contributed by atoms with Crippen molar-refractivity contribution < 1.29 is 40.1 Å². The van der Waals surface area contributed by atoms with Crippen LogP contribution in [0.2, 0.25) is 0 Å². The Hall–Kier alpha value is -6.18. The molecular formula is C48H32O. The topological polar surface area (TPSA) is 13.1 Å². The van der Waals surface area contributed by atoms with Gasteiger partial charge in [0, 0.05) is 10.8 Å². The lowest BCUT2D eigenvalue weighted by molar-refractivity contribution is 0.669. The van der Waals surface area contributed by atoms with Crippen LogP contribution in [0.15, 0.2) is 162 Å². The summed E-state index contributed by atoms with van der Waals surface area (Å²) in [6.07, 6.45) is 0. The van der Waals surface area contributed by atoms with Crippen LogP contribution in [0.5, 0.6) is 0 Å². The second kappa shape index (κ2) is 10.7. The van der Waals surface area contributed by atoms with Gasteiger partial charge >= 0.3 is 0 Å². The third-order valence-corrected chi connectivity index (χ3v) is 8.14. The summed E-state index contributed by atoms with van der Waals surface area (Å²) in [4.78, 5) is 0. The zero-order chi connectivity index (χ0) is 55.3. The van der Waals surface area contributed by atoms with Crippen LogP contribution in [0.1, 0.15) is 46.8 Å². The Balaban J connectivity index is 1.46. The summed E-state index contributed by atoms with van der Waals surface area (Å²) in [7, 11) is 0. The minimum absolute atomic E-state index is 0.199. The summed E-state index contributed by atoms with van der Waals surface area (Å²) in [5, 5.41) is -5.01. The summed E-state index contributed by atoms with van der Waals surface area (Å²) in [5.74, 6) is 0. The van der Waals surface area contributed by atoms with Crippen molar-refractivity contribution in [1.82, 2.24) is 0 Å². The highest BCUT2D eigenvalue weighted by atomic mass is 16.3. The maximum atomic E-state index is 9.90. The van der Waals surface area contributed by atoms with Crippen LogP contribution in [0.3, 0.4) is 0 Å². The smallest absolute Gasteiger partial charge is 0.136 e. The van der Waals surface area contributed by atoms with Crippen molar-refractivity contribution >= 4 is 65.0 Å². The fraction of sp³-hybridized carbons (Fsp3) is 0.0417. The van der Waals surface area contributed by atoms with E-state index in [4.69, 9.17) is 22.2 Å². The van der Waals surface area contributed by atoms with Crippen LogP contribution in [0.25, 0.3) is 98.4 Å². The fourth-order valence-electron chi connectivity index (χ4n) is 5.98. The lowest BCUT2D eigenvalue weighted by Gasteiger charge is -2.19. The van der Waals surface area contributed by atoms with Crippen LogP contribution < -0.4 is 0 Å².